The smallest absolute Gasteiger partial charge is 0.264 e. The van der Waals surface area contributed by atoms with Crippen LogP contribution in [0, 0.1) is 26.7 Å². The SMILES string of the molecule is Cc1ccncc1-c1c(C)c(C)nc2cc(C3CCC(C(F)(F)F)CC3)nn12. The van der Waals surface area contributed by atoms with Gasteiger partial charge in [-0.15, -0.1) is 0 Å². The lowest BCUT2D eigenvalue weighted by atomic mass is 9.80. The van der Waals surface area contributed by atoms with E-state index >= 15 is 0 Å². The van der Waals surface area contributed by atoms with Crippen molar-refractivity contribution in [3.8, 4) is 11.3 Å². The third-order valence-corrected chi connectivity index (χ3v) is 6.00. The fraction of sp³-hybridized carbons (Fsp3) is 0.476. The fourth-order valence-corrected chi connectivity index (χ4v) is 4.16. The molecule has 7 heteroatoms. The molecule has 0 saturated heterocycles. The quantitative estimate of drug-likeness (QED) is 0.578. The Hall–Kier alpha value is -2.44. The number of pyridine rings is 1. The maximum Gasteiger partial charge on any atom is 0.391 e. The van der Waals surface area contributed by atoms with Crippen molar-refractivity contribution in [1.29, 1.82) is 0 Å². The van der Waals surface area contributed by atoms with Crippen molar-refractivity contribution in [3.63, 3.8) is 0 Å². The van der Waals surface area contributed by atoms with Crippen molar-refractivity contribution in [2.45, 2.75) is 58.5 Å². The molecule has 0 atom stereocenters. The summed E-state index contributed by atoms with van der Waals surface area (Å²) in [5.74, 6) is -1.14. The van der Waals surface area contributed by atoms with Crippen molar-refractivity contribution < 1.29 is 13.2 Å². The summed E-state index contributed by atoms with van der Waals surface area (Å²) in [6.07, 6.45) is 0.842. The van der Waals surface area contributed by atoms with Crippen LogP contribution in [-0.4, -0.2) is 25.8 Å². The van der Waals surface area contributed by atoms with E-state index in [1.807, 2.05) is 43.6 Å². The molecule has 28 heavy (non-hydrogen) atoms. The second kappa shape index (κ2) is 6.87. The highest BCUT2D eigenvalue weighted by Crippen LogP contribution is 2.43. The van der Waals surface area contributed by atoms with Crippen LogP contribution in [0.5, 0.6) is 0 Å². The average Bonchev–Trinajstić information content (AvgIpc) is 3.06. The van der Waals surface area contributed by atoms with Crippen LogP contribution in [0.2, 0.25) is 0 Å². The molecule has 0 unspecified atom stereocenters. The molecule has 0 aromatic carbocycles. The highest BCUT2D eigenvalue weighted by molar-refractivity contribution is 5.69. The Balaban J connectivity index is 1.74. The molecule has 1 aliphatic carbocycles. The molecule has 0 radical (unpaired) electrons. The molecule has 0 aliphatic heterocycles. The monoisotopic (exact) mass is 388 g/mol. The number of halogens is 3. The lowest BCUT2D eigenvalue weighted by molar-refractivity contribution is -0.182. The minimum absolute atomic E-state index is 0.0451. The molecule has 1 fully saturated rings. The summed E-state index contributed by atoms with van der Waals surface area (Å²) in [5, 5.41) is 4.79. The van der Waals surface area contributed by atoms with Crippen molar-refractivity contribution >= 4 is 5.65 Å². The predicted octanol–water partition coefficient (Wildman–Crippen LogP) is 5.55. The first-order chi connectivity index (χ1) is 13.3. The average molecular weight is 388 g/mol. The summed E-state index contributed by atoms with van der Waals surface area (Å²) in [4.78, 5) is 8.92. The molecule has 3 aromatic rings. The first-order valence-corrected chi connectivity index (χ1v) is 9.60. The van der Waals surface area contributed by atoms with Crippen LogP contribution in [0.3, 0.4) is 0 Å². The van der Waals surface area contributed by atoms with Gasteiger partial charge in [0.2, 0.25) is 0 Å². The Morgan fingerprint density at radius 2 is 1.79 bits per heavy atom. The third kappa shape index (κ3) is 3.27. The normalized spacial score (nSPS) is 20.6. The van der Waals surface area contributed by atoms with Gasteiger partial charge in [-0.1, -0.05) is 0 Å². The zero-order valence-electron chi connectivity index (χ0n) is 16.2. The summed E-state index contributed by atoms with van der Waals surface area (Å²) < 4.78 is 40.7. The predicted molar refractivity (Wildman–Crippen MR) is 101 cm³/mol. The lowest BCUT2D eigenvalue weighted by Gasteiger charge is -2.28. The van der Waals surface area contributed by atoms with Gasteiger partial charge in [0.15, 0.2) is 5.65 Å². The molecule has 3 aromatic heterocycles. The molecule has 0 N–H and O–H groups in total. The van der Waals surface area contributed by atoms with Crippen LogP contribution >= 0.6 is 0 Å². The van der Waals surface area contributed by atoms with Crippen molar-refractivity contribution in [2.24, 2.45) is 5.92 Å². The van der Waals surface area contributed by atoms with Crippen LogP contribution in [0.1, 0.15) is 54.1 Å². The van der Waals surface area contributed by atoms with Crippen LogP contribution < -0.4 is 0 Å². The molecular weight excluding hydrogens is 365 g/mol. The first kappa shape index (κ1) is 18.9. The fourth-order valence-electron chi connectivity index (χ4n) is 4.16. The van der Waals surface area contributed by atoms with Crippen LogP contribution in [0.25, 0.3) is 16.9 Å². The van der Waals surface area contributed by atoms with Gasteiger partial charge in [-0.05, 0) is 63.6 Å². The van der Waals surface area contributed by atoms with E-state index in [0.29, 0.717) is 12.8 Å². The first-order valence-electron chi connectivity index (χ1n) is 9.60. The van der Waals surface area contributed by atoms with E-state index in [1.54, 1.807) is 6.20 Å². The molecule has 4 rings (SSSR count). The summed E-state index contributed by atoms with van der Waals surface area (Å²) in [6, 6.07) is 3.89. The molecule has 0 bridgehead atoms. The highest BCUT2D eigenvalue weighted by atomic mass is 19.4. The molecular formula is C21H23F3N4. The van der Waals surface area contributed by atoms with E-state index in [9.17, 15) is 13.2 Å². The standard InChI is InChI=1S/C21H23F3N4/c1-12-8-9-25-11-17(12)20-13(2)14(3)26-19-10-18(27-28(19)20)15-4-6-16(7-5-15)21(22,23)24/h8-11,15-16H,4-7H2,1-3H3. The van der Waals surface area contributed by atoms with E-state index in [-0.39, 0.29) is 18.8 Å². The van der Waals surface area contributed by atoms with Gasteiger partial charge in [0, 0.05) is 35.6 Å². The summed E-state index contributed by atoms with van der Waals surface area (Å²) >= 11 is 0. The van der Waals surface area contributed by atoms with Gasteiger partial charge in [0.1, 0.15) is 0 Å². The van der Waals surface area contributed by atoms with Crippen molar-refractivity contribution in [3.05, 3.63) is 47.0 Å². The second-order valence-corrected chi connectivity index (χ2v) is 7.79. The van der Waals surface area contributed by atoms with E-state index in [1.165, 1.54) is 0 Å². The topological polar surface area (TPSA) is 43.1 Å². The third-order valence-electron chi connectivity index (χ3n) is 6.00. The number of aromatic nitrogens is 4. The van der Waals surface area contributed by atoms with Crippen molar-refractivity contribution in [2.75, 3.05) is 0 Å². The molecule has 0 spiro atoms. The zero-order valence-corrected chi connectivity index (χ0v) is 16.2. The minimum atomic E-state index is -4.09. The Kier molecular flexibility index (Phi) is 4.63. The van der Waals surface area contributed by atoms with Crippen LogP contribution in [-0.2, 0) is 0 Å². The van der Waals surface area contributed by atoms with E-state index in [2.05, 4.69) is 9.97 Å². The number of alkyl halides is 3. The maximum atomic E-state index is 13.0. The van der Waals surface area contributed by atoms with Crippen LogP contribution in [0.4, 0.5) is 13.2 Å². The highest BCUT2D eigenvalue weighted by Gasteiger charge is 2.42. The Morgan fingerprint density at radius 1 is 1.07 bits per heavy atom. The number of fused-ring (bicyclic) bond motifs is 1. The van der Waals surface area contributed by atoms with E-state index in [0.717, 1.165) is 39.4 Å². The number of rotatable bonds is 2. The van der Waals surface area contributed by atoms with Gasteiger partial charge in [0.05, 0.1) is 17.3 Å². The number of hydrogen-bond donors (Lipinski definition) is 0. The summed E-state index contributed by atoms with van der Waals surface area (Å²) in [5.41, 5.74) is 6.54. The van der Waals surface area contributed by atoms with E-state index < -0.39 is 12.1 Å². The second-order valence-electron chi connectivity index (χ2n) is 7.79. The lowest BCUT2D eigenvalue weighted by Crippen LogP contribution is -2.27. The zero-order chi connectivity index (χ0) is 20.1. The van der Waals surface area contributed by atoms with Crippen LogP contribution in [0.15, 0.2) is 24.5 Å². The molecule has 4 nitrogen and oxygen atoms in total. The van der Waals surface area contributed by atoms with Gasteiger partial charge in [-0.25, -0.2) is 9.50 Å². The Labute approximate surface area is 161 Å². The van der Waals surface area contributed by atoms with Gasteiger partial charge < -0.3 is 0 Å². The molecule has 1 saturated carbocycles. The molecule has 148 valence electrons. The van der Waals surface area contributed by atoms with Gasteiger partial charge in [-0.2, -0.15) is 18.3 Å². The Bertz CT molecular complexity index is 1010. The number of aryl methyl sites for hydroxylation is 2. The minimum Gasteiger partial charge on any atom is -0.264 e. The Morgan fingerprint density at radius 3 is 2.43 bits per heavy atom. The molecule has 1 aliphatic rings. The van der Waals surface area contributed by atoms with Gasteiger partial charge in [-0.3, -0.25) is 4.98 Å². The largest absolute Gasteiger partial charge is 0.391 e. The summed E-state index contributed by atoms with van der Waals surface area (Å²) in [7, 11) is 0. The van der Waals surface area contributed by atoms with E-state index in [4.69, 9.17) is 5.10 Å². The molecule has 3 heterocycles. The molecule has 0 amide bonds. The number of nitrogens with zero attached hydrogens (tertiary/aromatic N) is 4. The van der Waals surface area contributed by atoms with Crippen molar-refractivity contribution in [1.82, 2.24) is 19.6 Å². The summed E-state index contributed by atoms with van der Waals surface area (Å²) in [6.45, 7) is 6.01. The maximum absolute atomic E-state index is 13.0. The van der Waals surface area contributed by atoms with Gasteiger partial charge >= 0.3 is 6.18 Å². The van der Waals surface area contributed by atoms with Gasteiger partial charge in [0.25, 0.3) is 0 Å². The number of hydrogen-bond acceptors (Lipinski definition) is 3.